The maximum absolute atomic E-state index is 13.2. The summed E-state index contributed by atoms with van der Waals surface area (Å²) in [4.78, 5) is 27.7. The number of urea groups is 1. The van der Waals surface area contributed by atoms with E-state index in [-0.39, 0.29) is 30.5 Å². The second-order valence-corrected chi connectivity index (χ2v) is 10.8. The average Bonchev–Trinajstić information content (AvgIpc) is 3.34. The van der Waals surface area contributed by atoms with Gasteiger partial charge >= 0.3 is 12.2 Å². The summed E-state index contributed by atoms with van der Waals surface area (Å²) in [5.74, 6) is 0.449. The van der Waals surface area contributed by atoms with E-state index in [1.165, 1.54) is 17.7 Å². The van der Waals surface area contributed by atoms with E-state index in [1.54, 1.807) is 18.2 Å². The van der Waals surface area contributed by atoms with Crippen LogP contribution < -0.4 is 15.4 Å². The lowest BCUT2D eigenvalue weighted by Gasteiger charge is -2.38. The summed E-state index contributed by atoms with van der Waals surface area (Å²) in [6, 6.07) is 16.8. The number of carbonyl (C=O) groups excluding carboxylic acids is 2. The Hall–Kier alpha value is -4.09. The van der Waals surface area contributed by atoms with Crippen molar-refractivity contribution in [3.8, 4) is 5.75 Å². The summed E-state index contributed by atoms with van der Waals surface area (Å²) in [6.07, 6.45) is -4.43. The Morgan fingerprint density at radius 3 is 2.43 bits per heavy atom. The number of ether oxygens (including phenoxy) is 2. The van der Waals surface area contributed by atoms with Crippen molar-refractivity contribution >= 4 is 23.3 Å². The Bertz CT molecular complexity index is 1480. The van der Waals surface area contributed by atoms with Crippen molar-refractivity contribution in [3.05, 3.63) is 89.0 Å². The molecule has 42 heavy (non-hydrogen) atoms. The maximum atomic E-state index is 13.2. The largest absolute Gasteiger partial charge is 0.487 e. The molecular weight excluding hydrogens is 551 g/mol. The smallest absolute Gasteiger partial charge is 0.416 e. The van der Waals surface area contributed by atoms with E-state index >= 15 is 0 Å². The molecular formula is C31H30F3N3O5. The fraction of sp³-hybridized carbons (Fsp3) is 0.355. The molecule has 11 heteroatoms. The van der Waals surface area contributed by atoms with E-state index < -0.39 is 36.1 Å². The predicted octanol–water partition coefficient (Wildman–Crippen LogP) is 5.32. The Morgan fingerprint density at radius 1 is 0.976 bits per heavy atom. The van der Waals surface area contributed by atoms with Crippen molar-refractivity contribution in [3.63, 3.8) is 0 Å². The normalized spacial score (nSPS) is 22.8. The molecule has 220 valence electrons. The molecule has 0 bridgehead atoms. The van der Waals surface area contributed by atoms with Gasteiger partial charge in [-0.3, -0.25) is 4.79 Å². The maximum Gasteiger partial charge on any atom is 0.416 e. The molecule has 3 heterocycles. The van der Waals surface area contributed by atoms with Crippen LogP contribution in [0.5, 0.6) is 5.75 Å². The molecule has 0 radical (unpaired) electrons. The average molecular weight is 582 g/mol. The van der Waals surface area contributed by atoms with Crippen LogP contribution in [0.4, 0.5) is 29.3 Å². The first-order valence-electron chi connectivity index (χ1n) is 13.8. The first kappa shape index (κ1) is 28.0. The number of aliphatic hydroxyl groups is 1. The quantitative estimate of drug-likeness (QED) is 0.379. The van der Waals surface area contributed by atoms with E-state index in [0.29, 0.717) is 30.9 Å². The lowest BCUT2D eigenvalue weighted by Crippen LogP contribution is -2.48. The minimum atomic E-state index is -4.46. The number of hydrogen-bond donors (Lipinski definition) is 3. The van der Waals surface area contributed by atoms with E-state index in [2.05, 4.69) is 16.7 Å². The molecule has 0 spiro atoms. The van der Waals surface area contributed by atoms with Gasteiger partial charge in [-0.05, 0) is 66.4 Å². The third kappa shape index (κ3) is 5.79. The van der Waals surface area contributed by atoms with Crippen molar-refractivity contribution < 1.29 is 37.3 Å². The highest BCUT2D eigenvalue weighted by molar-refractivity contribution is 5.99. The van der Waals surface area contributed by atoms with E-state index in [1.807, 2.05) is 23.1 Å². The molecule has 3 aromatic rings. The number of benzene rings is 3. The molecule has 1 fully saturated rings. The number of carbonyl (C=O) groups is 2. The van der Waals surface area contributed by atoms with Crippen molar-refractivity contribution in [2.24, 2.45) is 0 Å². The minimum absolute atomic E-state index is 0.000800. The highest BCUT2D eigenvalue weighted by atomic mass is 19.4. The van der Waals surface area contributed by atoms with E-state index in [4.69, 9.17) is 9.47 Å². The van der Waals surface area contributed by atoms with Crippen LogP contribution in [0.15, 0.2) is 66.7 Å². The van der Waals surface area contributed by atoms with Crippen LogP contribution >= 0.6 is 0 Å². The minimum Gasteiger partial charge on any atom is -0.487 e. The number of anilines is 2. The topological polar surface area (TPSA) is 100 Å². The van der Waals surface area contributed by atoms with Crippen LogP contribution in [-0.2, 0) is 28.7 Å². The number of alkyl halides is 3. The predicted molar refractivity (Wildman–Crippen MR) is 148 cm³/mol. The second-order valence-electron chi connectivity index (χ2n) is 10.8. The van der Waals surface area contributed by atoms with Crippen molar-refractivity contribution in [2.45, 2.75) is 56.2 Å². The number of hydrogen-bond acceptors (Lipinski definition) is 5. The fourth-order valence-electron chi connectivity index (χ4n) is 6.04. The zero-order valence-corrected chi connectivity index (χ0v) is 22.6. The van der Waals surface area contributed by atoms with E-state index in [9.17, 15) is 27.9 Å². The Kier molecular flexibility index (Phi) is 7.54. The number of nitrogens with zero attached hydrogens (tertiary/aromatic N) is 1. The Labute approximate surface area is 240 Å². The Balaban J connectivity index is 1.11. The molecule has 0 saturated carbocycles. The molecule has 3 amide bonds. The summed E-state index contributed by atoms with van der Waals surface area (Å²) >= 11 is 0. The van der Waals surface area contributed by atoms with Gasteiger partial charge in [0, 0.05) is 35.9 Å². The first-order valence-corrected chi connectivity index (χ1v) is 13.8. The highest BCUT2D eigenvalue weighted by Crippen LogP contribution is 2.47. The van der Waals surface area contributed by atoms with Gasteiger partial charge in [-0.2, -0.15) is 13.2 Å². The number of amides is 3. The van der Waals surface area contributed by atoms with Gasteiger partial charge in [-0.15, -0.1) is 0 Å². The van der Waals surface area contributed by atoms with Gasteiger partial charge in [-0.1, -0.05) is 24.3 Å². The highest BCUT2D eigenvalue weighted by Gasteiger charge is 2.46. The zero-order valence-electron chi connectivity index (χ0n) is 22.6. The molecule has 3 aliphatic rings. The van der Waals surface area contributed by atoms with Crippen LogP contribution in [0.25, 0.3) is 0 Å². The van der Waals surface area contributed by atoms with Gasteiger partial charge in [0.2, 0.25) is 5.91 Å². The van der Waals surface area contributed by atoms with E-state index in [0.717, 1.165) is 29.7 Å². The lowest BCUT2D eigenvalue weighted by molar-refractivity contribution is -0.149. The van der Waals surface area contributed by atoms with Crippen LogP contribution in [0.2, 0.25) is 0 Å². The van der Waals surface area contributed by atoms with Crippen molar-refractivity contribution in [2.75, 3.05) is 23.8 Å². The number of aliphatic hydroxyl groups excluding tert-OH is 1. The van der Waals surface area contributed by atoms with Crippen molar-refractivity contribution in [1.29, 1.82) is 0 Å². The molecule has 4 atom stereocenters. The molecule has 6 rings (SSSR count). The van der Waals surface area contributed by atoms with Crippen LogP contribution in [0, 0.1) is 0 Å². The summed E-state index contributed by atoms with van der Waals surface area (Å²) < 4.78 is 50.7. The summed E-state index contributed by atoms with van der Waals surface area (Å²) in [7, 11) is 0. The van der Waals surface area contributed by atoms with Gasteiger partial charge in [-0.25, -0.2) is 4.79 Å². The number of halogens is 3. The number of nitrogens with one attached hydrogen (secondary N) is 2. The van der Waals surface area contributed by atoms with Gasteiger partial charge in [0.1, 0.15) is 18.0 Å². The summed E-state index contributed by atoms with van der Waals surface area (Å²) in [6.45, 7) is 0.942. The summed E-state index contributed by atoms with van der Waals surface area (Å²) in [5, 5.41) is 15.3. The third-order valence-electron chi connectivity index (χ3n) is 8.11. The first-order chi connectivity index (χ1) is 20.2. The molecule has 3 aromatic carbocycles. The Morgan fingerprint density at radius 2 is 1.69 bits per heavy atom. The zero-order chi connectivity index (χ0) is 29.4. The standard InChI is InChI=1S/C31H30F3N3O5/c32-31(33,34)20-5-7-21(8-6-20)35-30(40)36-22-9-10-26-24(13-22)25-14-23(41-27(17-38)29(25)42-26)15-28(39)37-12-11-18-3-1-2-4-19(18)16-37/h1-10,13,23,25,27,29,38H,11-12,14-17H2,(H2,35,36,40)/t23-,25+,27+,29-/m0/s1. The molecule has 8 nitrogen and oxygen atoms in total. The summed E-state index contributed by atoms with van der Waals surface area (Å²) in [5.41, 5.74) is 3.12. The fourth-order valence-corrected chi connectivity index (χ4v) is 6.04. The lowest BCUT2D eigenvalue weighted by atomic mass is 9.84. The second kappa shape index (κ2) is 11.3. The van der Waals surface area contributed by atoms with Crippen LogP contribution in [0.3, 0.4) is 0 Å². The van der Waals surface area contributed by atoms with Crippen LogP contribution in [0.1, 0.15) is 41.0 Å². The van der Waals surface area contributed by atoms with Crippen LogP contribution in [-0.4, -0.2) is 53.4 Å². The third-order valence-corrected chi connectivity index (χ3v) is 8.11. The SMILES string of the molecule is O=C(Nc1ccc(C(F)(F)F)cc1)Nc1ccc2c(c1)[C@H]1C[C@@H](CC(=O)N3CCc4ccccc4C3)O[C@H](CO)[C@H]1O2. The number of fused-ring (bicyclic) bond motifs is 4. The monoisotopic (exact) mass is 581 g/mol. The molecule has 1 saturated heterocycles. The molecule has 0 unspecified atom stereocenters. The molecule has 3 N–H and O–H groups in total. The van der Waals surface area contributed by atoms with Crippen molar-refractivity contribution in [1.82, 2.24) is 4.90 Å². The number of rotatable bonds is 5. The van der Waals surface area contributed by atoms with Gasteiger partial charge in [0.05, 0.1) is 24.7 Å². The molecule has 0 aliphatic carbocycles. The van der Waals surface area contributed by atoms with Gasteiger partial charge in [0.25, 0.3) is 0 Å². The van der Waals surface area contributed by atoms with Gasteiger partial charge in [0.15, 0.2) is 0 Å². The molecule has 0 aromatic heterocycles. The molecule has 3 aliphatic heterocycles. The van der Waals surface area contributed by atoms with Gasteiger partial charge < -0.3 is 30.1 Å².